The molecule has 3 rings (SSSR count). The summed E-state index contributed by atoms with van der Waals surface area (Å²) >= 11 is 0. The van der Waals surface area contributed by atoms with E-state index in [9.17, 15) is 24.6 Å². The van der Waals surface area contributed by atoms with Gasteiger partial charge in [-0.15, -0.1) is 0 Å². The summed E-state index contributed by atoms with van der Waals surface area (Å²) in [5.41, 5.74) is 8.51. The fourth-order valence-electron chi connectivity index (χ4n) is 3.11. The second-order valence-electron chi connectivity index (χ2n) is 6.87. The largest absolute Gasteiger partial charge is 0.505 e. The number of phenols is 1. The van der Waals surface area contributed by atoms with Gasteiger partial charge in [-0.1, -0.05) is 24.3 Å². The molecule has 0 unspecified atom stereocenters. The first-order valence-corrected chi connectivity index (χ1v) is 9.07. The second kappa shape index (κ2) is 8.08. The Kier molecular flexibility index (Phi) is 5.55. The Balaban J connectivity index is 1.82. The lowest BCUT2D eigenvalue weighted by Crippen LogP contribution is -2.14. The van der Waals surface area contributed by atoms with Gasteiger partial charge in [0.1, 0.15) is 5.75 Å². The van der Waals surface area contributed by atoms with Crippen LogP contribution in [0.4, 0.5) is 5.69 Å². The molecule has 2 amide bonds. The van der Waals surface area contributed by atoms with Crippen LogP contribution in [0, 0.1) is 13.8 Å². The fourth-order valence-corrected chi connectivity index (χ4v) is 3.11. The van der Waals surface area contributed by atoms with E-state index in [1.165, 1.54) is 13.0 Å². The number of carboxylic acid groups (broad SMARTS) is 1. The van der Waals surface area contributed by atoms with Gasteiger partial charge in [0.25, 0.3) is 5.91 Å². The quantitative estimate of drug-likeness (QED) is 0.482. The third-order valence-electron chi connectivity index (χ3n) is 4.87. The third kappa shape index (κ3) is 4.00. The zero-order chi connectivity index (χ0) is 22.0. The maximum atomic E-state index is 12.6. The summed E-state index contributed by atoms with van der Waals surface area (Å²) in [6, 6.07) is 15.0. The highest BCUT2D eigenvalue weighted by Gasteiger charge is 2.19. The number of rotatable bonds is 5. The van der Waals surface area contributed by atoms with Crippen LogP contribution in [0.1, 0.15) is 42.2 Å². The van der Waals surface area contributed by atoms with E-state index < -0.39 is 17.8 Å². The van der Waals surface area contributed by atoms with Gasteiger partial charge >= 0.3 is 5.97 Å². The molecular formula is C23H20N2O5. The molecule has 0 spiro atoms. The predicted octanol–water partition coefficient (Wildman–Crippen LogP) is 3.73. The Bertz CT molecular complexity index is 1150. The molecule has 7 heteroatoms. The standard InChI is InChI=1S/C23H20N2O5/c1-12-11-18(23(29)30)13(2)20(26)19(12)25-22(28)17-9-5-15(6-10-17)14-3-7-16(8-4-14)21(24)27/h3-11,26H,1-2H3,(H2,24,27)(H,25,28)(H,29,30). The van der Waals surface area contributed by atoms with Crippen LogP contribution in [0.3, 0.4) is 0 Å². The van der Waals surface area contributed by atoms with Crippen LogP contribution in [0.25, 0.3) is 11.1 Å². The van der Waals surface area contributed by atoms with Gasteiger partial charge in [0.2, 0.25) is 5.91 Å². The second-order valence-corrected chi connectivity index (χ2v) is 6.87. The average molecular weight is 404 g/mol. The van der Waals surface area contributed by atoms with Gasteiger partial charge in [0, 0.05) is 16.7 Å². The Hall–Kier alpha value is -4.13. The third-order valence-corrected chi connectivity index (χ3v) is 4.87. The monoisotopic (exact) mass is 404 g/mol. The van der Waals surface area contributed by atoms with Crippen LogP contribution in [0.15, 0.2) is 54.6 Å². The number of phenolic OH excluding ortho intramolecular Hbond substituents is 1. The van der Waals surface area contributed by atoms with Crippen molar-refractivity contribution in [2.45, 2.75) is 13.8 Å². The Morgan fingerprint density at radius 3 is 1.83 bits per heavy atom. The van der Waals surface area contributed by atoms with E-state index in [4.69, 9.17) is 5.73 Å². The van der Waals surface area contributed by atoms with E-state index in [1.54, 1.807) is 55.5 Å². The smallest absolute Gasteiger partial charge is 0.336 e. The lowest BCUT2D eigenvalue weighted by atomic mass is 10.0. The number of anilines is 1. The van der Waals surface area contributed by atoms with Crippen molar-refractivity contribution in [1.29, 1.82) is 0 Å². The van der Waals surface area contributed by atoms with Crippen molar-refractivity contribution >= 4 is 23.5 Å². The molecule has 30 heavy (non-hydrogen) atoms. The van der Waals surface area contributed by atoms with Gasteiger partial charge in [-0.25, -0.2) is 4.79 Å². The highest BCUT2D eigenvalue weighted by molar-refractivity contribution is 6.06. The van der Waals surface area contributed by atoms with Crippen LogP contribution in [-0.2, 0) is 0 Å². The molecule has 0 aromatic heterocycles. The number of primary amides is 1. The van der Waals surface area contributed by atoms with Crippen LogP contribution in [-0.4, -0.2) is 28.0 Å². The molecule has 0 atom stereocenters. The SMILES string of the molecule is Cc1cc(C(=O)O)c(C)c(O)c1NC(=O)c1ccc(-c2ccc(C(N)=O)cc2)cc1. The summed E-state index contributed by atoms with van der Waals surface area (Å²) in [6.45, 7) is 3.09. The van der Waals surface area contributed by atoms with Crippen LogP contribution >= 0.6 is 0 Å². The Morgan fingerprint density at radius 2 is 1.37 bits per heavy atom. The normalized spacial score (nSPS) is 10.5. The van der Waals surface area contributed by atoms with Gasteiger partial charge in [-0.3, -0.25) is 9.59 Å². The molecule has 0 aliphatic carbocycles. The number of nitrogens with one attached hydrogen (secondary N) is 1. The van der Waals surface area contributed by atoms with Gasteiger partial charge in [0.15, 0.2) is 0 Å². The molecule has 0 fully saturated rings. The molecule has 0 bridgehead atoms. The summed E-state index contributed by atoms with van der Waals surface area (Å²) < 4.78 is 0. The first-order valence-electron chi connectivity index (χ1n) is 9.07. The zero-order valence-corrected chi connectivity index (χ0v) is 16.4. The maximum Gasteiger partial charge on any atom is 0.336 e. The number of carboxylic acids is 1. The minimum Gasteiger partial charge on any atom is -0.505 e. The summed E-state index contributed by atoms with van der Waals surface area (Å²) in [4.78, 5) is 35.1. The van der Waals surface area contributed by atoms with E-state index in [1.807, 2.05) is 0 Å². The molecule has 0 saturated carbocycles. The number of amides is 2. The van der Waals surface area contributed by atoms with Crippen molar-refractivity contribution in [3.63, 3.8) is 0 Å². The van der Waals surface area contributed by atoms with Crippen molar-refractivity contribution in [3.05, 3.63) is 82.4 Å². The first-order chi connectivity index (χ1) is 14.2. The minimum atomic E-state index is -1.15. The average Bonchev–Trinajstić information content (AvgIpc) is 2.73. The van der Waals surface area contributed by atoms with E-state index in [0.29, 0.717) is 16.7 Å². The molecule has 7 nitrogen and oxygen atoms in total. The van der Waals surface area contributed by atoms with E-state index in [2.05, 4.69) is 5.32 Å². The molecule has 152 valence electrons. The van der Waals surface area contributed by atoms with E-state index in [0.717, 1.165) is 11.1 Å². The van der Waals surface area contributed by atoms with E-state index in [-0.39, 0.29) is 22.6 Å². The highest BCUT2D eigenvalue weighted by Crippen LogP contribution is 2.34. The number of carbonyl (C=O) groups is 3. The number of nitrogens with two attached hydrogens (primary N) is 1. The van der Waals surface area contributed by atoms with Crippen LogP contribution in [0.5, 0.6) is 5.75 Å². The molecule has 0 saturated heterocycles. The van der Waals surface area contributed by atoms with Crippen molar-refractivity contribution in [3.8, 4) is 16.9 Å². The van der Waals surface area contributed by atoms with Crippen molar-refractivity contribution in [2.75, 3.05) is 5.32 Å². The topological polar surface area (TPSA) is 130 Å². The molecule has 5 N–H and O–H groups in total. The van der Waals surface area contributed by atoms with Crippen molar-refractivity contribution < 1.29 is 24.6 Å². The van der Waals surface area contributed by atoms with Gasteiger partial charge in [-0.05, 0) is 60.9 Å². The molecule has 0 aliphatic rings. The molecule has 0 radical (unpaired) electrons. The van der Waals surface area contributed by atoms with Crippen LogP contribution < -0.4 is 11.1 Å². The predicted molar refractivity (Wildman–Crippen MR) is 113 cm³/mol. The molecule has 0 heterocycles. The van der Waals surface area contributed by atoms with Crippen molar-refractivity contribution in [2.24, 2.45) is 5.73 Å². The number of aromatic carboxylic acids is 1. The number of hydrogen-bond acceptors (Lipinski definition) is 4. The first kappa shape index (κ1) is 20.6. The lowest BCUT2D eigenvalue weighted by Gasteiger charge is -2.14. The number of aromatic hydroxyl groups is 1. The number of hydrogen-bond donors (Lipinski definition) is 4. The number of carbonyl (C=O) groups excluding carboxylic acids is 2. The molecule has 0 aliphatic heterocycles. The van der Waals surface area contributed by atoms with E-state index >= 15 is 0 Å². The zero-order valence-electron chi connectivity index (χ0n) is 16.4. The van der Waals surface area contributed by atoms with Gasteiger partial charge < -0.3 is 21.3 Å². The van der Waals surface area contributed by atoms with Crippen LogP contribution in [0.2, 0.25) is 0 Å². The molecule has 3 aromatic rings. The fraction of sp³-hybridized carbons (Fsp3) is 0.0870. The lowest BCUT2D eigenvalue weighted by molar-refractivity contribution is 0.0695. The minimum absolute atomic E-state index is 0.0188. The Morgan fingerprint density at radius 1 is 0.867 bits per heavy atom. The summed E-state index contributed by atoms with van der Waals surface area (Å²) in [7, 11) is 0. The number of aryl methyl sites for hydroxylation is 1. The summed E-state index contributed by atoms with van der Waals surface area (Å²) in [6.07, 6.45) is 0. The van der Waals surface area contributed by atoms with Gasteiger partial charge in [0.05, 0.1) is 11.3 Å². The summed E-state index contributed by atoms with van der Waals surface area (Å²) in [5.74, 6) is -2.36. The molecular weight excluding hydrogens is 384 g/mol. The molecule has 3 aromatic carbocycles. The number of benzene rings is 3. The highest BCUT2D eigenvalue weighted by atomic mass is 16.4. The summed E-state index contributed by atoms with van der Waals surface area (Å²) in [5, 5.41) is 22.2. The Labute approximate surface area is 172 Å². The van der Waals surface area contributed by atoms with Crippen molar-refractivity contribution in [1.82, 2.24) is 0 Å². The maximum absolute atomic E-state index is 12.6. The van der Waals surface area contributed by atoms with Gasteiger partial charge in [-0.2, -0.15) is 0 Å².